The van der Waals surface area contributed by atoms with E-state index >= 15 is 0 Å². The maximum absolute atomic E-state index is 12.1. The summed E-state index contributed by atoms with van der Waals surface area (Å²) >= 11 is 0. The number of carbonyl (C=O) groups is 2. The van der Waals surface area contributed by atoms with E-state index in [1.807, 2.05) is 30.3 Å². The van der Waals surface area contributed by atoms with Gasteiger partial charge in [-0.2, -0.15) is 0 Å². The van der Waals surface area contributed by atoms with Gasteiger partial charge in [-0.05, 0) is 44.6 Å². The van der Waals surface area contributed by atoms with Crippen LogP contribution in [0.3, 0.4) is 0 Å². The fraction of sp³-hybridized carbons (Fsp3) is 0.500. The number of carboxylic acid groups (broad SMARTS) is 1. The highest BCUT2D eigenvalue weighted by molar-refractivity contribution is 6.01. The van der Waals surface area contributed by atoms with Gasteiger partial charge in [0.1, 0.15) is 5.41 Å². The SMILES string of the molecule is CC(CCCc1ccccc1)(C(=O)O)C(=O)NC1CC1. The first-order valence-corrected chi connectivity index (χ1v) is 7.10. The molecule has 0 heterocycles. The Labute approximate surface area is 119 Å². The van der Waals surface area contributed by atoms with Crippen LogP contribution < -0.4 is 5.32 Å². The lowest BCUT2D eigenvalue weighted by Gasteiger charge is -2.23. The summed E-state index contributed by atoms with van der Waals surface area (Å²) in [6.07, 6.45) is 3.76. The van der Waals surface area contributed by atoms with Gasteiger partial charge in [-0.25, -0.2) is 0 Å². The summed E-state index contributed by atoms with van der Waals surface area (Å²) in [6, 6.07) is 10.1. The third kappa shape index (κ3) is 3.59. The Hall–Kier alpha value is -1.84. The molecule has 1 aliphatic carbocycles. The van der Waals surface area contributed by atoms with E-state index in [2.05, 4.69) is 5.32 Å². The number of carbonyl (C=O) groups excluding carboxylic acids is 1. The third-order valence-corrected chi connectivity index (χ3v) is 3.87. The predicted octanol–water partition coefficient (Wildman–Crippen LogP) is 2.38. The van der Waals surface area contributed by atoms with Gasteiger partial charge in [-0.1, -0.05) is 30.3 Å². The highest BCUT2D eigenvalue weighted by atomic mass is 16.4. The van der Waals surface area contributed by atoms with Crippen LogP contribution >= 0.6 is 0 Å². The van der Waals surface area contributed by atoms with Crippen LogP contribution in [0.25, 0.3) is 0 Å². The van der Waals surface area contributed by atoms with Crippen molar-refractivity contribution in [2.24, 2.45) is 5.41 Å². The Bertz CT molecular complexity index is 482. The van der Waals surface area contributed by atoms with Gasteiger partial charge in [0.25, 0.3) is 0 Å². The van der Waals surface area contributed by atoms with Crippen molar-refractivity contribution in [1.29, 1.82) is 0 Å². The molecule has 108 valence electrons. The Kier molecular flexibility index (Phi) is 4.42. The lowest BCUT2D eigenvalue weighted by atomic mass is 9.83. The first-order chi connectivity index (χ1) is 9.52. The summed E-state index contributed by atoms with van der Waals surface area (Å²) in [4.78, 5) is 23.6. The van der Waals surface area contributed by atoms with Crippen molar-refractivity contribution in [2.45, 2.75) is 45.1 Å². The summed E-state index contributed by atoms with van der Waals surface area (Å²) in [5.74, 6) is -1.38. The van der Waals surface area contributed by atoms with Crippen LogP contribution in [0.5, 0.6) is 0 Å². The van der Waals surface area contributed by atoms with E-state index in [4.69, 9.17) is 0 Å². The summed E-state index contributed by atoms with van der Waals surface area (Å²) in [6.45, 7) is 1.53. The molecule has 4 nitrogen and oxygen atoms in total. The average Bonchev–Trinajstić information content (AvgIpc) is 3.23. The molecular weight excluding hydrogens is 254 g/mol. The van der Waals surface area contributed by atoms with Crippen LogP contribution in [-0.4, -0.2) is 23.0 Å². The number of rotatable bonds is 7. The fourth-order valence-electron chi connectivity index (χ4n) is 2.18. The molecule has 2 N–H and O–H groups in total. The minimum atomic E-state index is -1.32. The Morgan fingerprint density at radius 3 is 2.50 bits per heavy atom. The molecule has 0 spiro atoms. The Balaban J connectivity index is 1.91. The van der Waals surface area contributed by atoms with Gasteiger partial charge in [0.05, 0.1) is 0 Å². The number of carboxylic acids is 1. The van der Waals surface area contributed by atoms with Gasteiger partial charge in [-0.3, -0.25) is 9.59 Å². The molecule has 0 saturated heterocycles. The number of hydrogen-bond acceptors (Lipinski definition) is 2. The topological polar surface area (TPSA) is 66.4 Å². The zero-order chi connectivity index (χ0) is 14.6. The van der Waals surface area contributed by atoms with Crippen LogP contribution in [0, 0.1) is 5.41 Å². The Morgan fingerprint density at radius 1 is 1.30 bits per heavy atom. The van der Waals surface area contributed by atoms with Crippen molar-refractivity contribution in [3.8, 4) is 0 Å². The minimum Gasteiger partial charge on any atom is -0.480 e. The standard InChI is InChI=1S/C16H21NO3/c1-16(15(19)20,14(18)17-13-9-10-13)11-5-8-12-6-3-2-4-7-12/h2-4,6-7,13H,5,8-11H2,1H3,(H,17,18)(H,19,20). The molecular formula is C16H21NO3. The van der Waals surface area contributed by atoms with E-state index in [9.17, 15) is 14.7 Å². The van der Waals surface area contributed by atoms with Gasteiger partial charge in [-0.15, -0.1) is 0 Å². The van der Waals surface area contributed by atoms with Crippen molar-refractivity contribution >= 4 is 11.9 Å². The first-order valence-electron chi connectivity index (χ1n) is 7.10. The molecule has 0 bridgehead atoms. The average molecular weight is 275 g/mol. The van der Waals surface area contributed by atoms with Crippen LogP contribution in [-0.2, 0) is 16.0 Å². The number of amides is 1. The van der Waals surface area contributed by atoms with Gasteiger partial charge in [0.2, 0.25) is 5.91 Å². The maximum Gasteiger partial charge on any atom is 0.318 e. The molecule has 1 aromatic carbocycles. The summed E-state index contributed by atoms with van der Waals surface area (Å²) in [5.41, 5.74) is -0.153. The molecule has 4 heteroatoms. The normalized spacial score (nSPS) is 17.2. The number of aliphatic carboxylic acids is 1. The number of nitrogens with one attached hydrogen (secondary N) is 1. The number of aryl methyl sites for hydroxylation is 1. The smallest absolute Gasteiger partial charge is 0.318 e. The summed E-state index contributed by atoms with van der Waals surface area (Å²) < 4.78 is 0. The minimum absolute atomic E-state index is 0.190. The molecule has 2 rings (SSSR count). The van der Waals surface area contributed by atoms with E-state index in [0.717, 1.165) is 19.3 Å². The molecule has 0 radical (unpaired) electrons. The van der Waals surface area contributed by atoms with E-state index < -0.39 is 11.4 Å². The largest absolute Gasteiger partial charge is 0.480 e. The van der Waals surface area contributed by atoms with Crippen molar-refractivity contribution in [3.05, 3.63) is 35.9 Å². The molecule has 1 fully saturated rings. The highest BCUT2D eigenvalue weighted by Gasteiger charge is 2.42. The second kappa shape index (κ2) is 6.07. The van der Waals surface area contributed by atoms with Crippen LogP contribution in [0.2, 0.25) is 0 Å². The molecule has 1 amide bonds. The van der Waals surface area contributed by atoms with Crippen LogP contribution in [0.1, 0.15) is 38.2 Å². The lowest BCUT2D eigenvalue weighted by Crippen LogP contribution is -2.45. The van der Waals surface area contributed by atoms with E-state index in [0.29, 0.717) is 12.8 Å². The Morgan fingerprint density at radius 2 is 1.95 bits per heavy atom. The van der Waals surface area contributed by atoms with Gasteiger partial charge in [0.15, 0.2) is 0 Å². The monoisotopic (exact) mass is 275 g/mol. The molecule has 1 saturated carbocycles. The first kappa shape index (κ1) is 14.6. The van der Waals surface area contributed by atoms with Crippen molar-refractivity contribution < 1.29 is 14.7 Å². The van der Waals surface area contributed by atoms with Crippen molar-refractivity contribution in [1.82, 2.24) is 5.32 Å². The third-order valence-electron chi connectivity index (χ3n) is 3.87. The molecule has 0 aromatic heterocycles. The van der Waals surface area contributed by atoms with Crippen LogP contribution in [0.4, 0.5) is 0 Å². The summed E-state index contributed by atoms with van der Waals surface area (Å²) in [7, 11) is 0. The quantitative estimate of drug-likeness (QED) is 0.751. The van der Waals surface area contributed by atoms with Crippen molar-refractivity contribution in [3.63, 3.8) is 0 Å². The van der Waals surface area contributed by atoms with Crippen LogP contribution in [0.15, 0.2) is 30.3 Å². The highest BCUT2D eigenvalue weighted by Crippen LogP contribution is 2.28. The lowest BCUT2D eigenvalue weighted by molar-refractivity contribution is -0.155. The van der Waals surface area contributed by atoms with Gasteiger partial charge >= 0.3 is 5.97 Å². The zero-order valence-electron chi connectivity index (χ0n) is 11.8. The molecule has 1 atom stereocenters. The van der Waals surface area contributed by atoms with Gasteiger partial charge in [0, 0.05) is 6.04 Å². The van der Waals surface area contributed by atoms with E-state index in [1.165, 1.54) is 12.5 Å². The second-order valence-electron chi connectivity index (χ2n) is 5.72. The maximum atomic E-state index is 12.1. The molecule has 20 heavy (non-hydrogen) atoms. The zero-order valence-corrected chi connectivity index (χ0v) is 11.8. The number of benzene rings is 1. The fourth-order valence-corrected chi connectivity index (χ4v) is 2.18. The molecule has 1 unspecified atom stereocenters. The predicted molar refractivity (Wildman–Crippen MR) is 76.3 cm³/mol. The molecule has 0 aliphatic heterocycles. The van der Waals surface area contributed by atoms with E-state index in [-0.39, 0.29) is 11.9 Å². The summed E-state index contributed by atoms with van der Waals surface area (Å²) in [5, 5.41) is 12.2. The second-order valence-corrected chi connectivity index (χ2v) is 5.72. The molecule has 1 aliphatic rings. The number of hydrogen-bond donors (Lipinski definition) is 2. The van der Waals surface area contributed by atoms with E-state index in [1.54, 1.807) is 0 Å². The van der Waals surface area contributed by atoms with Crippen molar-refractivity contribution in [2.75, 3.05) is 0 Å². The molecule has 1 aromatic rings. The van der Waals surface area contributed by atoms with Gasteiger partial charge < -0.3 is 10.4 Å².